The third kappa shape index (κ3) is 5.58. The lowest BCUT2D eigenvalue weighted by Gasteiger charge is -2.29. The Morgan fingerprint density at radius 1 is 0.404 bits per heavy atom. The van der Waals surface area contributed by atoms with Crippen molar-refractivity contribution in [2.24, 2.45) is 0 Å². The van der Waals surface area contributed by atoms with Gasteiger partial charge in [0.2, 0.25) is 0 Å². The molecule has 8 heteroatoms. The van der Waals surface area contributed by atoms with Crippen LogP contribution in [0, 0.1) is 0 Å². The van der Waals surface area contributed by atoms with Gasteiger partial charge in [0.1, 0.15) is 23.0 Å². The Balaban J connectivity index is 1.14. The minimum absolute atomic E-state index is 0.291. The summed E-state index contributed by atoms with van der Waals surface area (Å²) < 4.78 is 12.2. The topological polar surface area (TPSA) is 93.2 Å². The van der Waals surface area contributed by atoms with Gasteiger partial charge in [0.05, 0.1) is 22.3 Å². The van der Waals surface area contributed by atoms with E-state index < -0.39 is 11.1 Å². The van der Waals surface area contributed by atoms with Gasteiger partial charge in [-0.1, -0.05) is 38.1 Å². The third-order valence-corrected chi connectivity index (χ3v) is 8.68. The molecular weight excluding hydrogens is 592 g/mol. The quantitative estimate of drug-likeness (QED) is 0.199. The zero-order valence-electron chi connectivity index (χ0n) is 27.9. The number of hydrogen-bond acceptors (Lipinski definition) is 6. The number of ether oxygens (including phenoxy) is 2. The fourth-order valence-corrected chi connectivity index (χ4v) is 6.10. The molecule has 240 valence electrons. The number of amides is 4. The second-order valence-corrected chi connectivity index (χ2v) is 14.5. The summed E-state index contributed by atoms with van der Waals surface area (Å²) in [5.74, 6) is 0.963. The number of benzene rings is 4. The molecule has 0 N–H and O–H groups in total. The molecule has 0 bridgehead atoms. The van der Waals surface area contributed by atoms with E-state index in [1.807, 2.05) is 90.1 Å². The smallest absolute Gasteiger partial charge is 0.262 e. The lowest BCUT2D eigenvalue weighted by atomic mass is 9.78. The monoisotopic (exact) mass is 630 g/mol. The van der Waals surface area contributed by atoms with Crippen LogP contribution in [0.4, 0.5) is 0 Å². The van der Waals surface area contributed by atoms with E-state index in [9.17, 15) is 19.2 Å². The van der Waals surface area contributed by atoms with Crippen LogP contribution in [0.15, 0.2) is 84.9 Å². The average molecular weight is 631 g/mol. The van der Waals surface area contributed by atoms with Crippen molar-refractivity contribution in [3.05, 3.63) is 118 Å². The first-order chi connectivity index (χ1) is 22.0. The fourth-order valence-electron chi connectivity index (χ4n) is 6.10. The third-order valence-electron chi connectivity index (χ3n) is 8.68. The molecule has 4 amide bonds. The Morgan fingerprint density at radius 3 is 1.02 bits per heavy atom. The molecule has 4 aromatic rings. The zero-order chi connectivity index (χ0) is 34.1. The molecule has 0 aliphatic carbocycles. The van der Waals surface area contributed by atoms with Crippen LogP contribution in [-0.2, 0) is 5.41 Å². The van der Waals surface area contributed by atoms with Crippen molar-refractivity contribution >= 4 is 23.6 Å². The van der Waals surface area contributed by atoms with Gasteiger partial charge in [-0.15, -0.1) is 0 Å². The number of hydrogen-bond donors (Lipinski definition) is 0. The van der Waals surface area contributed by atoms with E-state index in [1.165, 1.54) is 9.80 Å². The molecule has 0 spiro atoms. The summed E-state index contributed by atoms with van der Waals surface area (Å²) in [6.45, 7) is 15.3. The van der Waals surface area contributed by atoms with E-state index in [1.54, 1.807) is 36.4 Å². The number of carbonyl (C=O) groups excluding carboxylic acids is 4. The maximum atomic E-state index is 13.0. The van der Waals surface area contributed by atoms with E-state index in [4.69, 9.17) is 9.47 Å². The Labute approximate surface area is 274 Å². The highest BCUT2D eigenvalue weighted by atomic mass is 16.5. The van der Waals surface area contributed by atoms with Crippen molar-refractivity contribution in [3.8, 4) is 23.0 Å². The van der Waals surface area contributed by atoms with Gasteiger partial charge < -0.3 is 9.47 Å². The van der Waals surface area contributed by atoms with E-state index in [0.717, 1.165) is 11.1 Å². The van der Waals surface area contributed by atoms with Gasteiger partial charge in [0.25, 0.3) is 23.6 Å². The van der Waals surface area contributed by atoms with Gasteiger partial charge in [-0.3, -0.25) is 29.0 Å². The predicted octanol–water partition coefficient (Wildman–Crippen LogP) is 8.39. The van der Waals surface area contributed by atoms with Crippen LogP contribution in [0.25, 0.3) is 0 Å². The maximum absolute atomic E-state index is 13.0. The van der Waals surface area contributed by atoms with E-state index in [-0.39, 0.29) is 29.0 Å². The number of imide groups is 2. The first-order valence-corrected chi connectivity index (χ1v) is 15.6. The molecule has 0 saturated heterocycles. The molecule has 0 atom stereocenters. The van der Waals surface area contributed by atoms with Crippen LogP contribution < -0.4 is 9.47 Å². The lowest BCUT2D eigenvalue weighted by molar-refractivity contribution is 0.0489. The Bertz CT molecular complexity index is 1800. The van der Waals surface area contributed by atoms with Crippen molar-refractivity contribution in [1.29, 1.82) is 0 Å². The molecule has 2 heterocycles. The number of fused-ring (bicyclic) bond motifs is 2. The first kappa shape index (κ1) is 31.7. The minimum Gasteiger partial charge on any atom is -0.457 e. The van der Waals surface area contributed by atoms with Gasteiger partial charge >= 0.3 is 0 Å². The minimum atomic E-state index is -0.620. The number of carbonyl (C=O) groups is 4. The largest absolute Gasteiger partial charge is 0.457 e. The molecule has 47 heavy (non-hydrogen) atoms. The van der Waals surface area contributed by atoms with Crippen molar-refractivity contribution < 1.29 is 28.7 Å². The molecule has 0 fully saturated rings. The fraction of sp³-hybridized carbons (Fsp3) is 0.282. The average Bonchev–Trinajstić information content (AvgIpc) is 3.41. The molecule has 8 nitrogen and oxygen atoms in total. The molecule has 0 aromatic heterocycles. The summed E-state index contributed by atoms with van der Waals surface area (Å²) in [7, 11) is 0. The van der Waals surface area contributed by atoms with Gasteiger partial charge in [-0.05, 0) is 113 Å². The second kappa shape index (κ2) is 10.9. The van der Waals surface area contributed by atoms with Gasteiger partial charge in [-0.25, -0.2) is 0 Å². The summed E-state index contributed by atoms with van der Waals surface area (Å²) in [5, 5.41) is 0. The standard InChI is InChI=1S/C39H38N2O6/c1-37(2,3)40-33(42)29-19-17-27(21-31(29)35(40)44)46-25-13-9-23(10-14-25)39(7,8)24-11-15-26(16-12-24)47-28-18-20-30-32(22-28)36(45)41(34(30)43)38(4,5)6/h9-22H,1-8H3. The number of nitrogens with zero attached hydrogens (tertiary/aromatic N) is 2. The summed E-state index contributed by atoms with van der Waals surface area (Å²) in [6, 6.07) is 25.5. The zero-order valence-corrected chi connectivity index (χ0v) is 27.9. The Hall–Kier alpha value is -5.24. The van der Waals surface area contributed by atoms with Crippen molar-refractivity contribution in [1.82, 2.24) is 9.80 Å². The van der Waals surface area contributed by atoms with Gasteiger partial charge in [0.15, 0.2) is 0 Å². The molecule has 4 aromatic carbocycles. The molecular formula is C39H38N2O6. The van der Waals surface area contributed by atoms with Gasteiger partial charge in [-0.2, -0.15) is 0 Å². The highest BCUT2D eigenvalue weighted by Crippen LogP contribution is 2.37. The van der Waals surface area contributed by atoms with Crippen LogP contribution in [0.5, 0.6) is 23.0 Å². The number of rotatable bonds is 6. The van der Waals surface area contributed by atoms with Crippen molar-refractivity contribution in [2.75, 3.05) is 0 Å². The van der Waals surface area contributed by atoms with E-state index in [0.29, 0.717) is 45.3 Å². The van der Waals surface area contributed by atoms with Gasteiger partial charge in [0, 0.05) is 16.5 Å². The van der Waals surface area contributed by atoms with E-state index >= 15 is 0 Å². The highest BCUT2D eigenvalue weighted by Gasteiger charge is 2.43. The van der Waals surface area contributed by atoms with Crippen molar-refractivity contribution in [3.63, 3.8) is 0 Å². The maximum Gasteiger partial charge on any atom is 0.262 e. The van der Waals surface area contributed by atoms with Crippen LogP contribution >= 0.6 is 0 Å². The molecule has 2 aliphatic rings. The predicted molar refractivity (Wildman–Crippen MR) is 179 cm³/mol. The summed E-state index contributed by atoms with van der Waals surface area (Å²) in [5.41, 5.74) is 2.02. The van der Waals surface area contributed by atoms with Crippen LogP contribution in [-0.4, -0.2) is 44.5 Å². The lowest BCUT2D eigenvalue weighted by Crippen LogP contribution is -2.45. The molecule has 0 saturated carbocycles. The summed E-state index contributed by atoms with van der Waals surface area (Å²) in [6.07, 6.45) is 0. The molecule has 0 radical (unpaired) electrons. The van der Waals surface area contributed by atoms with Crippen LogP contribution in [0.1, 0.15) is 108 Å². The van der Waals surface area contributed by atoms with Crippen LogP contribution in [0.2, 0.25) is 0 Å². The molecule has 0 unspecified atom stereocenters. The SMILES string of the molecule is CC(C)(c1ccc(Oc2ccc3c(c2)C(=O)N(C(C)(C)C)C3=O)cc1)c1ccc(Oc2ccc3c(c2)C(=O)N(C(C)(C)C)C3=O)cc1. The van der Waals surface area contributed by atoms with Crippen LogP contribution in [0.3, 0.4) is 0 Å². The van der Waals surface area contributed by atoms with E-state index in [2.05, 4.69) is 13.8 Å². The Morgan fingerprint density at radius 2 is 0.702 bits per heavy atom. The Kier molecular flexibility index (Phi) is 7.38. The molecule has 6 rings (SSSR count). The normalized spacial score (nSPS) is 14.9. The first-order valence-electron chi connectivity index (χ1n) is 15.6. The summed E-state index contributed by atoms with van der Waals surface area (Å²) in [4.78, 5) is 54.1. The molecule has 2 aliphatic heterocycles. The second-order valence-electron chi connectivity index (χ2n) is 14.5. The van der Waals surface area contributed by atoms with Crippen molar-refractivity contribution in [2.45, 2.75) is 71.9 Å². The summed E-state index contributed by atoms with van der Waals surface area (Å²) >= 11 is 0. The highest BCUT2D eigenvalue weighted by molar-refractivity contribution is 6.22.